The quantitative estimate of drug-likeness (QED) is 0.189. The largest absolute Gasteiger partial charge is 0.457 e. The van der Waals surface area contributed by atoms with Gasteiger partial charge in [0.15, 0.2) is 0 Å². The molecule has 0 aliphatic heterocycles. The summed E-state index contributed by atoms with van der Waals surface area (Å²) in [5.41, 5.74) is 14.3. The van der Waals surface area contributed by atoms with E-state index in [-0.39, 0.29) is 9.79 Å². The van der Waals surface area contributed by atoms with Crippen molar-refractivity contribution in [2.24, 2.45) is 0 Å². The van der Waals surface area contributed by atoms with Crippen molar-refractivity contribution >= 4 is 37.1 Å². The summed E-state index contributed by atoms with van der Waals surface area (Å²) in [6.45, 7) is 0. The Morgan fingerprint density at radius 2 is 1.16 bits per heavy atom. The van der Waals surface area contributed by atoms with Gasteiger partial charge >= 0.3 is 0 Å². The average molecular weight is 587 g/mol. The van der Waals surface area contributed by atoms with Crippen LogP contribution in [0.4, 0.5) is 11.4 Å². The fourth-order valence-electron chi connectivity index (χ4n) is 3.82. The van der Waals surface area contributed by atoms with Gasteiger partial charge in [0.1, 0.15) is 23.0 Å². The second-order valence-electron chi connectivity index (χ2n) is 8.45. The third-order valence-electron chi connectivity index (χ3n) is 5.82. The first-order chi connectivity index (χ1) is 18.3. The molecule has 8 heteroatoms. The van der Waals surface area contributed by atoms with E-state index in [0.29, 0.717) is 34.4 Å². The Kier molecular flexibility index (Phi) is 7.09. The maximum Gasteiger partial charge on any atom is 0.206 e. The molecule has 38 heavy (non-hydrogen) atoms. The summed E-state index contributed by atoms with van der Waals surface area (Å²) < 4.78 is 39.2. The first kappa shape index (κ1) is 25.4. The van der Waals surface area contributed by atoms with Crippen molar-refractivity contribution in [3.8, 4) is 34.1 Å². The highest BCUT2D eigenvalue weighted by Gasteiger charge is 2.18. The molecule has 0 aliphatic carbocycles. The number of ether oxygens (including phenoxy) is 2. The Balaban J connectivity index is 1.33. The third kappa shape index (κ3) is 5.51. The predicted octanol–water partition coefficient (Wildman–Crippen LogP) is 7.70. The molecule has 5 aromatic rings. The molecule has 0 spiro atoms. The van der Waals surface area contributed by atoms with Crippen molar-refractivity contribution in [1.82, 2.24) is 0 Å². The van der Waals surface area contributed by atoms with E-state index in [1.807, 2.05) is 48.5 Å². The maximum absolute atomic E-state index is 13.2. The molecule has 6 nitrogen and oxygen atoms in total. The smallest absolute Gasteiger partial charge is 0.206 e. The minimum absolute atomic E-state index is 0.148. The number of hydrogen-bond acceptors (Lipinski definition) is 6. The zero-order valence-electron chi connectivity index (χ0n) is 20.0. The standard InChI is InChI=1S/C30H23BrN2O4S/c31-21-6-17-30(27(18-21)20-4-2-1-3-5-20)37-23-9-14-26(15-10-23)38(34,35)25-12-7-22(8-13-25)36-24-11-16-28(32)29(33)19-24/h1-19H,32-33H2. The van der Waals surface area contributed by atoms with E-state index in [1.165, 1.54) is 24.3 Å². The highest BCUT2D eigenvalue weighted by molar-refractivity contribution is 9.10. The Hall–Kier alpha value is -4.27. The van der Waals surface area contributed by atoms with E-state index < -0.39 is 9.84 Å². The van der Waals surface area contributed by atoms with Gasteiger partial charge in [-0.1, -0.05) is 46.3 Å². The van der Waals surface area contributed by atoms with E-state index >= 15 is 0 Å². The molecule has 0 fully saturated rings. The van der Waals surface area contributed by atoms with Crippen molar-refractivity contribution in [2.75, 3.05) is 11.5 Å². The van der Waals surface area contributed by atoms with Crippen LogP contribution in [0.1, 0.15) is 0 Å². The average Bonchev–Trinajstić information content (AvgIpc) is 2.93. The van der Waals surface area contributed by atoms with Gasteiger partial charge in [-0.15, -0.1) is 0 Å². The van der Waals surface area contributed by atoms with Gasteiger partial charge in [0.05, 0.1) is 21.2 Å². The first-order valence-electron chi connectivity index (χ1n) is 11.6. The highest BCUT2D eigenvalue weighted by atomic mass is 79.9. The topological polar surface area (TPSA) is 105 Å². The van der Waals surface area contributed by atoms with E-state index in [2.05, 4.69) is 15.9 Å². The van der Waals surface area contributed by atoms with Crippen LogP contribution in [0.15, 0.2) is 130 Å². The van der Waals surface area contributed by atoms with E-state index in [4.69, 9.17) is 20.9 Å². The fourth-order valence-corrected chi connectivity index (χ4v) is 5.45. The van der Waals surface area contributed by atoms with Crippen LogP contribution in [0, 0.1) is 0 Å². The number of halogens is 1. The Morgan fingerprint density at radius 3 is 1.76 bits per heavy atom. The monoisotopic (exact) mass is 586 g/mol. The Labute approximate surface area is 229 Å². The Bertz CT molecular complexity index is 1690. The van der Waals surface area contributed by atoms with Gasteiger partial charge in [-0.3, -0.25) is 0 Å². The van der Waals surface area contributed by atoms with Crippen LogP contribution in [0.3, 0.4) is 0 Å². The zero-order chi connectivity index (χ0) is 26.7. The molecule has 0 amide bonds. The van der Waals surface area contributed by atoms with Gasteiger partial charge in [-0.2, -0.15) is 0 Å². The molecule has 5 aromatic carbocycles. The van der Waals surface area contributed by atoms with Crippen LogP contribution in [-0.4, -0.2) is 8.42 Å². The summed E-state index contributed by atoms with van der Waals surface area (Å²) in [5, 5.41) is 0. The molecule has 0 bridgehead atoms. The lowest BCUT2D eigenvalue weighted by atomic mass is 10.0. The van der Waals surface area contributed by atoms with Gasteiger partial charge in [0, 0.05) is 16.1 Å². The second-order valence-corrected chi connectivity index (χ2v) is 11.3. The van der Waals surface area contributed by atoms with Crippen molar-refractivity contribution in [3.63, 3.8) is 0 Å². The van der Waals surface area contributed by atoms with Crippen LogP contribution in [0.2, 0.25) is 0 Å². The van der Waals surface area contributed by atoms with Crippen molar-refractivity contribution < 1.29 is 17.9 Å². The van der Waals surface area contributed by atoms with E-state index in [9.17, 15) is 8.42 Å². The summed E-state index contributed by atoms with van der Waals surface area (Å²) in [6.07, 6.45) is 0. The lowest BCUT2D eigenvalue weighted by Crippen LogP contribution is -2.02. The molecular formula is C30H23BrN2O4S. The molecular weight excluding hydrogens is 564 g/mol. The molecule has 0 saturated heterocycles. The molecule has 0 radical (unpaired) electrons. The molecule has 0 unspecified atom stereocenters. The molecule has 0 saturated carbocycles. The van der Waals surface area contributed by atoms with Crippen LogP contribution < -0.4 is 20.9 Å². The molecule has 0 aromatic heterocycles. The number of benzene rings is 5. The molecule has 190 valence electrons. The summed E-state index contributed by atoms with van der Waals surface area (Å²) in [4.78, 5) is 0.304. The zero-order valence-corrected chi connectivity index (χ0v) is 22.4. The van der Waals surface area contributed by atoms with E-state index in [1.54, 1.807) is 42.5 Å². The lowest BCUT2D eigenvalue weighted by molar-refractivity contribution is 0.482. The maximum atomic E-state index is 13.2. The normalized spacial score (nSPS) is 11.2. The summed E-state index contributed by atoms with van der Waals surface area (Å²) in [6, 6.07) is 33.2. The number of sulfone groups is 1. The van der Waals surface area contributed by atoms with Gasteiger partial charge in [-0.25, -0.2) is 8.42 Å². The van der Waals surface area contributed by atoms with Gasteiger partial charge in [-0.05, 0) is 84.4 Å². The number of hydrogen-bond donors (Lipinski definition) is 2. The van der Waals surface area contributed by atoms with Crippen molar-refractivity contribution in [3.05, 3.63) is 120 Å². The minimum atomic E-state index is -3.74. The fraction of sp³-hybridized carbons (Fsp3) is 0. The molecule has 4 N–H and O–H groups in total. The van der Waals surface area contributed by atoms with Crippen molar-refractivity contribution in [1.29, 1.82) is 0 Å². The molecule has 0 atom stereocenters. The number of anilines is 2. The van der Waals surface area contributed by atoms with Crippen LogP contribution in [0.5, 0.6) is 23.0 Å². The number of rotatable bonds is 7. The minimum Gasteiger partial charge on any atom is -0.457 e. The highest BCUT2D eigenvalue weighted by Crippen LogP contribution is 2.36. The van der Waals surface area contributed by atoms with Crippen molar-refractivity contribution in [2.45, 2.75) is 9.79 Å². The predicted molar refractivity (Wildman–Crippen MR) is 153 cm³/mol. The van der Waals surface area contributed by atoms with Gasteiger partial charge in [0.25, 0.3) is 0 Å². The van der Waals surface area contributed by atoms with Crippen LogP contribution >= 0.6 is 15.9 Å². The molecule has 5 rings (SSSR count). The van der Waals surface area contributed by atoms with Crippen LogP contribution in [0.25, 0.3) is 11.1 Å². The second kappa shape index (κ2) is 10.6. The van der Waals surface area contributed by atoms with Gasteiger partial charge < -0.3 is 20.9 Å². The van der Waals surface area contributed by atoms with E-state index in [0.717, 1.165) is 15.6 Å². The van der Waals surface area contributed by atoms with Crippen LogP contribution in [-0.2, 0) is 9.84 Å². The summed E-state index contributed by atoms with van der Waals surface area (Å²) >= 11 is 3.52. The van der Waals surface area contributed by atoms with Gasteiger partial charge in [0.2, 0.25) is 9.84 Å². The summed E-state index contributed by atoms with van der Waals surface area (Å²) in [7, 11) is -3.74. The first-order valence-corrected chi connectivity index (χ1v) is 13.9. The number of nitrogen functional groups attached to an aromatic ring is 2. The summed E-state index contributed by atoms with van der Waals surface area (Å²) in [5.74, 6) is 2.16. The lowest BCUT2D eigenvalue weighted by Gasteiger charge is -2.13. The number of nitrogens with two attached hydrogens (primary N) is 2. The molecule has 0 aliphatic rings. The third-order valence-corrected chi connectivity index (χ3v) is 8.10. The molecule has 0 heterocycles. The Morgan fingerprint density at radius 1 is 0.579 bits per heavy atom. The SMILES string of the molecule is Nc1ccc(Oc2ccc(S(=O)(=O)c3ccc(Oc4ccc(Br)cc4-c4ccccc4)cc3)cc2)cc1N.